The molecule has 0 radical (unpaired) electrons. The van der Waals surface area contributed by atoms with Crippen LogP contribution in [0.3, 0.4) is 0 Å². The minimum Gasteiger partial charge on any atom is -0.505 e. The lowest BCUT2D eigenvalue weighted by Gasteiger charge is -2.11. The molecule has 3 aromatic carbocycles. The number of methoxy groups -OCH3 is 1. The van der Waals surface area contributed by atoms with E-state index in [4.69, 9.17) is 4.74 Å². The Morgan fingerprint density at radius 2 is 1.77 bits per heavy atom. The average Bonchev–Trinajstić information content (AvgIpc) is 2.68. The summed E-state index contributed by atoms with van der Waals surface area (Å²) in [6, 6.07) is 9.07. The van der Waals surface area contributed by atoms with E-state index >= 15 is 0 Å². The molecule has 30 heavy (non-hydrogen) atoms. The Kier molecular flexibility index (Phi) is 5.72. The molecule has 9 nitrogen and oxygen atoms in total. The summed E-state index contributed by atoms with van der Waals surface area (Å²) < 4.78 is 38.8. The van der Waals surface area contributed by atoms with Crippen molar-refractivity contribution < 1.29 is 27.6 Å². The molecule has 10 heteroatoms. The number of rotatable bonds is 6. The SMILES string of the molecule is COc1cc(C)c(C)cc1/N=N/c1c(S(=O)(=O)O)cc2cc(NC=O)ccc2c1O. The molecule has 0 saturated carbocycles. The summed E-state index contributed by atoms with van der Waals surface area (Å²) in [5, 5.41) is 21.6. The van der Waals surface area contributed by atoms with Gasteiger partial charge in [0.2, 0.25) is 6.41 Å². The van der Waals surface area contributed by atoms with Gasteiger partial charge in [0.05, 0.1) is 7.11 Å². The van der Waals surface area contributed by atoms with Crippen LogP contribution in [-0.4, -0.2) is 31.6 Å². The van der Waals surface area contributed by atoms with Crippen molar-refractivity contribution in [3.63, 3.8) is 0 Å². The molecule has 3 N–H and O–H groups in total. The van der Waals surface area contributed by atoms with Crippen molar-refractivity contribution in [1.82, 2.24) is 0 Å². The maximum Gasteiger partial charge on any atom is 0.296 e. The minimum absolute atomic E-state index is 0.264. The molecule has 0 aromatic heterocycles. The van der Waals surface area contributed by atoms with E-state index in [-0.39, 0.29) is 10.8 Å². The molecule has 0 aliphatic heterocycles. The summed E-state index contributed by atoms with van der Waals surface area (Å²) in [5.41, 5.74) is 2.18. The largest absolute Gasteiger partial charge is 0.505 e. The highest BCUT2D eigenvalue weighted by atomic mass is 32.2. The first-order chi connectivity index (χ1) is 14.2. The number of anilines is 1. The van der Waals surface area contributed by atoms with E-state index in [9.17, 15) is 22.9 Å². The molecule has 0 heterocycles. The molecular weight excluding hydrogens is 410 g/mol. The van der Waals surface area contributed by atoms with Crippen molar-refractivity contribution >= 4 is 44.4 Å². The van der Waals surface area contributed by atoms with E-state index in [0.717, 1.165) is 17.2 Å². The van der Waals surface area contributed by atoms with Gasteiger partial charge < -0.3 is 15.2 Å². The zero-order valence-electron chi connectivity index (χ0n) is 16.4. The molecule has 0 aliphatic rings. The number of phenolic OH excluding ortho intramolecular Hbond substituents is 1. The van der Waals surface area contributed by atoms with Crippen molar-refractivity contribution in [2.45, 2.75) is 18.7 Å². The second-order valence-corrected chi connectivity index (χ2v) is 7.94. The smallest absolute Gasteiger partial charge is 0.296 e. The Hall–Kier alpha value is -3.50. The number of azo groups is 1. The van der Waals surface area contributed by atoms with Crippen LogP contribution in [0.4, 0.5) is 17.1 Å². The van der Waals surface area contributed by atoms with Crippen LogP contribution in [0.5, 0.6) is 11.5 Å². The monoisotopic (exact) mass is 429 g/mol. The van der Waals surface area contributed by atoms with Gasteiger partial charge in [0, 0.05) is 11.1 Å². The summed E-state index contributed by atoms with van der Waals surface area (Å²) in [6.07, 6.45) is 0.463. The lowest BCUT2D eigenvalue weighted by molar-refractivity contribution is -0.105. The summed E-state index contributed by atoms with van der Waals surface area (Å²) >= 11 is 0. The van der Waals surface area contributed by atoms with Crippen LogP contribution < -0.4 is 10.1 Å². The normalized spacial score (nSPS) is 11.7. The third-order valence-electron chi connectivity index (χ3n) is 4.61. The summed E-state index contributed by atoms with van der Waals surface area (Å²) in [4.78, 5) is 10.0. The first-order valence-corrected chi connectivity index (χ1v) is 10.1. The van der Waals surface area contributed by atoms with E-state index < -0.39 is 26.5 Å². The number of hydrogen-bond donors (Lipinski definition) is 3. The highest BCUT2D eigenvalue weighted by Gasteiger charge is 2.22. The lowest BCUT2D eigenvalue weighted by atomic mass is 10.1. The summed E-state index contributed by atoms with van der Waals surface area (Å²) in [7, 11) is -3.28. The quantitative estimate of drug-likeness (QED) is 0.302. The van der Waals surface area contributed by atoms with E-state index in [1.54, 1.807) is 12.1 Å². The Balaban J connectivity index is 2.23. The predicted molar refractivity (Wildman–Crippen MR) is 112 cm³/mol. The van der Waals surface area contributed by atoms with E-state index in [0.29, 0.717) is 23.5 Å². The fraction of sp³-hybridized carbons (Fsp3) is 0.150. The first-order valence-electron chi connectivity index (χ1n) is 8.70. The number of carbonyl (C=O) groups excluding carboxylic acids is 1. The number of nitrogens with one attached hydrogen (secondary N) is 1. The average molecular weight is 429 g/mol. The van der Waals surface area contributed by atoms with Gasteiger partial charge in [0.1, 0.15) is 22.0 Å². The lowest BCUT2D eigenvalue weighted by Crippen LogP contribution is -1.99. The molecule has 0 atom stereocenters. The summed E-state index contributed by atoms with van der Waals surface area (Å²) in [6.45, 7) is 3.77. The topological polar surface area (TPSA) is 138 Å². The standard InChI is InChI=1S/C20H19N3O6S/c1-11-6-16(17(29-3)7-12(11)2)22-23-19-18(30(26,27)28)9-13-8-14(21-10-24)4-5-15(13)20(19)25/h4-10,25H,1-3H3,(H,21,24)(H,26,27,28)/b23-22+. The number of phenols is 1. The molecule has 0 aliphatic carbocycles. The third-order valence-corrected chi connectivity index (χ3v) is 5.47. The second-order valence-electron chi connectivity index (χ2n) is 6.55. The number of aryl methyl sites for hydroxylation is 2. The van der Waals surface area contributed by atoms with Gasteiger partial charge in [0.15, 0.2) is 5.75 Å². The van der Waals surface area contributed by atoms with Crippen LogP contribution in [-0.2, 0) is 14.9 Å². The molecule has 1 amide bonds. The molecule has 0 fully saturated rings. The Bertz CT molecular complexity index is 1290. The maximum atomic E-state index is 11.9. The van der Waals surface area contributed by atoms with Gasteiger partial charge >= 0.3 is 0 Å². The molecule has 0 saturated heterocycles. The predicted octanol–water partition coefficient (Wildman–Crippen LogP) is 4.40. The third kappa shape index (κ3) is 4.09. The number of amides is 1. The number of benzene rings is 3. The molecule has 0 unspecified atom stereocenters. The molecule has 0 bridgehead atoms. The number of fused-ring (bicyclic) bond motifs is 1. The van der Waals surface area contributed by atoms with Crippen LogP contribution in [0.2, 0.25) is 0 Å². The molecule has 156 valence electrons. The van der Waals surface area contributed by atoms with Gasteiger partial charge in [-0.3, -0.25) is 9.35 Å². The van der Waals surface area contributed by atoms with Crippen molar-refractivity contribution in [3.8, 4) is 11.5 Å². The zero-order chi connectivity index (χ0) is 22.1. The van der Waals surface area contributed by atoms with Crippen LogP contribution in [0, 0.1) is 13.8 Å². The van der Waals surface area contributed by atoms with Gasteiger partial charge in [-0.1, -0.05) is 0 Å². The van der Waals surface area contributed by atoms with Gasteiger partial charge in [-0.25, -0.2) is 0 Å². The minimum atomic E-state index is -4.74. The number of aromatic hydroxyl groups is 1. The highest BCUT2D eigenvalue weighted by molar-refractivity contribution is 7.86. The van der Waals surface area contributed by atoms with E-state index in [1.165, 1.54) is 25.3 Å². The molecule has 3 rings (SSSR count). The molecule has 0 spiro atoms. The first kappa shape index (κ1) is 21.2. The summed E-state index contributed by atoms with van der Waals surface area (Å²) in [5.74, 6) is -0.0653. The highest BCUT2D eigenvalue weighted by Crippen LogP contribution is 2.42. The van der Waals surface area contributed by atoms with Crippen molar-refractivity contribution in [2.75, 3.05) is 12.4 Å². The fourth-order valence-electron chi connectivity index (χ4n) is 2.92. The number of carbonyl (C=O) groups is 1. The zero-order valence-corrected chi connectivity index (χ0v) is 17.2. The van der Waals surface area contributed by atoms with Crippen molar-refractivity contribution in [2.24, 2.45) is 10.2 Å². The van der Waals surface area contributed by atoms with Crippen molar-refractivity contribution in [1.29, 1.82) is 0 Å². The van der Waals surface area contributed by atoms with Crippen LogP contribution in [0.25, 0.3) is 10.8 Å². The van der Waals surface area contributed by atoms with Crippen molar-refractivity contribution in [3.05, 3.63) is 47.5 Å². The Morgan fingerprint density at radius 3 is 2.40 bits per heavy atom. The molecular formula is C20H19N3O6S. The second kappa shape index (κ2) is 8.09. The van der Waals surface area contributed by atoms with Crippen LogP contribution in [0.15, 0.2) is 51.5 Å². The Morgan fingerprint density at radius 1 is 1.07 bits per heavy atom. The van der Waals surface area contributed by atoms with Crippen LogP contribution >= 0.6 is 0 Å². The number of nitrogens with zero attached hydrogens (tertiary/aromatic N) is 2. The Labute approximate surface area is 172 Å². The van der Waals surface area contributed by atoms with Gasteiger partial charge in [-0.15, -0.1) is 10.2 Å². The number of hydrogen-bond acceptors (Lipinski definition) is 7. The number of ether oxygens (including phenoxy) is 1. The van der Waals surface area contributed by atoms with Gasteiger partial charge in [-0.2, -0.15) is 8.42 Å². The fourth-order valence-corrected chi connectivity index (χ4v) is 3.58. The molecule has 3 aromatic rings. The van der Waals surface area contributed by atoms with E-state index in [1.807, 2.05) is 13.8 Å². The maximum absolute atomic E-state index is 11.9. The van der Waals surface area contributed by atoms with E-state index in [2.05, 4.69) is 15.5 Å². The van der Waals surface area contributed by atoms with Crippen LogP contribution in [0.1, 0.15) is 11.1 Å². The van der Waals surface area contributed by atoms with Gasteiger partial charge in [-0.05, 0) is 66.8 Å². The van der Waals surface area contributed by atoms with Gasteiger partial charge in [0.25, 0.3) is 10.1 Å².